The second kappa shape index (κ2) is 3.76. The van der Waals surface area contributed by atoms with E-state index in [4.69, 9.17) is 0 Å². The van der Waals surface area contributed by atoms with Crippen molar-refractivity contribution in [1.82, 2.24) is 0 Å². The van der Waals surface area contributed by atoms with E-state index in [9.17, 15) is 5.11 Å². The molecule has 0 aliphatic carbocycles. The maximum atomic E-state index is 9.27. The van der Waals surface area contributed by atoms with E-state index < -0.39 is 0 Å². The van der Waals surface area contributed by atoms with Gasteiger partial charge >= 0.3 is 0 Å². The molecule has 0 bridgehead atoms. The number of benzene rings is 1. The van der Waals surface area contributed by atoms with E-state index in [2.05, 4.69) is 23.2 Å². The number of nitrogens with one attached hydrogen (secondary N) is 1. The minimum absolute atomic E-state index is 0.275. The Bertz CT molecular complexity index is 437. The zero-order valence-electron chi connectivity index (χ0n) is 8.20. The molecule has 0 amide bonds. The molecule has 2 N–H and O–H groups in total. The van der Waals surface area contributed by atoms with E-state index in [-0.39, 0.29) is 6.10 Å². The van der Waals surface area contributed by atoms with Gasteiger partial charge in [-0.05, 0) is 30.4 Å². The SMILES string of the molecule is CC(O)Cc1ccc2c[nH+]ccc2c1. The predicted octanol–water partition coefficient (Wildman–Crippen LogP) is 1.58. The van der Waals surface area contributed by atoms with Crippen molar-refractivity contribution in [3.63, 3.8) is 0 Å². The van der Waals surface area contributed by atoms with Gasteiger partial charge < -0.3 is 5.11 Å². The summed E-state index contributed by atoms with van der Waals surface area (Å²) in [6.07, 6.45) is 4.33. The summed E-state index contributed by atoms with van der Waals surface area (Å²) in [4.78, 5) is 3.05. The Hall–Kier alpha value is -1.41. The smallest absolute Gasteiger partial charge is 0.174 e. The van der Waals surface area contributed by atoms with Crippen LogP contribution in [0.3, 0.4) is 0 Å². The van der Waals surface area contributed by atoms with Gasteiger partial charge in [0, 0.05) is 11.5 Å². The summed E-state index contributed by atoms with van der Waals surface area (Å²) < 4.78 is 0. The van der Waals surface area contributed by atoms with Crippen LogP contribution in [0.15, 0.2) is 36.7 Å². The molecule has 0 aliphatic rings. The van der Waals surface area contributed by atoms with Crippen LogP contribution in [0.1, 0.15) is 12.5 Å². The van der Waals surface area contributed by atoms with Crippen LogP contribution < -0.4 is 4.98 Å². The lowest BCUT2D eigenvalue weighted by molar-refractivity contribution is -0.375. The molecule has 0 spiro atoms. The third kappa shape index (κ3) is 1.91. The number of aromatic amines is 1. The molecular formula is C12H14NO+. The number of aliphatic hydroxyl groups excluding tert-OH is 1. The van der Waals surface area contributed by atoms with Gasteiger partial charge in [0.25, 0.3) is 0 Å². The summed E-state index contributed by atoms with van der Waals surface area (Å²) in [6.45, 7) is 1.81. The van der Waals surface area contributed by atoms with E-state index in [1.807, 2.05) is 25.4 Å². The van der Waals surface area contributed by atoms with Crippen LogP contribution in [-0.2, 0) is 6.42 Å². The van der Waals surface area contributed by atoms with Crippen LogP contribution in [0.2, 0.25) is 0 Å². The fourth-order valence-corrected chi connectivity index (χ4v) is 1.64. The maximum absolute atomic E-state index is 9.27. The number of rotatable bonds is 2. The number of aliphatic hydroxyl groups is 1. The Labute approximate surface area is 83.2 Å². The predicted molar refractivity (Wildman–Crippen MR) is 55.9 cm³/mol. The fraction of sp³-hybridized carbons (Fsp3) is 0.250. The van der Waals surface area contributed by atoms with Gasteiger partial charge in [-0.15, -0.1) is 0 Å². The van der Waals surface area contributed by atoms with E-state index in [0.717, 1.165) is 0 Å². The van der Waals surface area contributed by atoms with Gasteiger partial charge in [-0.1, -0.05) is 12.1 Å². The molecule has 72 valence electrons. The highest BCUT2D eigenvalue weighted by atomic mass is 16.3. The summed E-state index contributed by atoms with van der Waals surface area (Å²) in [5.74, 6) is 0. The summed E-state index contributed by atoms with van der Waals surface area (Å²) in [7, 11) is 0. The van der Waals surface area contributed by atoms with Crippen LogP contribution in [0, 0.1) is 0 Å². The molecule has 14 heavy (non-hydrogen) atoms. The summed E-state index contributed by atoms with van der Waals surface area (Å²) >= 11 is 0. The number of H-pyrrole nitrogens is 1. The number of fused-ring (bicyclic) bond motifs is 1. The number of aromatic nitrogens is 1. The van der Waals surface area contributed by atoms with Crippen molar-refractivity contribution in [3.05, 3.63) is 42.2 Å². The van der Waals surface area contributed by atoms with Crippen LogP contribution >= 0.6 is 0 Å². The van der Waals surface area contributed by atoms with Crippen molar-refractivity contribution in [2.45, 2.75) is 19.4 Å². The second-order valence-corrected chi connectivity index (χ2v) is 3.66. The molecule has 2 aromatic rings. The molecule has 0 saturated carbocycles. The Balaban J connectivity index is 2.41. The van der Waals surface area contributed by atoms with Gasteiger partial charge in [0.1, 0.15) is 0 Å². The lowest BCUT2D eigenvalue weighted by Crippen LogP contribution is -2.04. The van der Waals surface area contributed by atoms with Crippen LogP contribution in [0.25, 0.3) is 10.8 Å². The van der Waals surface area contributed by atoms with Gasteiger partial charge in [-0.2, -0.15) is 0 Å². The quantitative estimate of drug-likeness (QED) is 0.762. The van der Waals surface area contributed by atoms with Crippen molar-refractivity contribution in [2.24, 2.45) is 0 Å². The average Bonchev–Trinajstić information content (AvgIpc) is 2.17. The molecule has 1 aromatic carbocycles. The van der Waals surface area contributed by atoms with Crippen LogP contribution in [0.5, 0.6) is 0 Å². The maximum Gasteiger partial charge on any atom is 0.174 e. The minimum atomic E-state index is -0.275. The monoisotopic (exact) mass is 188 g/mol. The topological polar surface area (TPSA) is 34.4 Å². The van der Waals surface area contributed by atoms with Crippen molar-refractivity contribution in [3.8, 4) is 0 Å². The zero-order valence-corrected chi connectivity index (χ0v) is 8.20. The van der Waals surface area contributed by atoms with Gasteiger partial charge in [-0.3, -0.25) is 0 Å². The standard InChI is InChI=1S/C12H13NO/c1-9(14)6-10-2-3-12-8-13-5-4-11(12)7-10/h2-5,7-9,14H,6H2,1H3/p+1. The Morgan fingerprint density at radius 1 is 1.29 bits per heavy atom. The number of hydrogen-bond donors (Lipinski definition) is 1. The Kier molecular flexibility index (Phi) is 2.46. The third-order valence-electron chi connectivity index (χ3n) is 2.28. The van der Waals surface area contributed by atoms with Crippen molar-refractivity contribution < 1.29 is 10.1 Å². The largest absolute Gasteiger partial charge is 0.393 e. The molecule has 2 nitrogen and oxygen atoms in total. The molecule has 1 atom stereocenters. The molecule has 1 aromatic heterocycles. The van der Waals surface area contributed by atoms with Crippen LogP contribution in [0.4, 0.5) is 0 Å². The molecule has 1 heterocycles. The van der Waals surface area contributed by atoms with Crippen molar-refractivity contribution in [2.75, 3.05) is 0 Å². The van der Waals surface area contributed by atoms with E-state index in [1.54, 1.807) is 0 Å². The molecular weight excluding hydrogens is 174 g/mol. The van der Waals surface area contributed by atoms with E-state index in [0.29, 0.717) is 6.42 Å². The fourth-order valence-electron chi connectivity index (χ4n) is 1.64. The lowest BCUT2D eigenvalue weighted by Gasteiger charge is -2.04. The third-order valence-corrected chi connectivity index (χ3v) is 2.28. The van der Waals surface area contributed by atoms with E-state index in [1.165, 1.54) is 16.3 Å². The zero-order chi connectivity index (χ0) is 9.97. The first kappa shape index (κ1) is 9.16. The number of hydrogen-bond acceptors (Lipinski definition) is 1. The molecule has 0 fully saturated rings. The molecule has 2 heteroatoms. The van der Waals surface area contributed by atoms with Gasteiger partial charge in [0.05, 0.1) is 6.10 Å². The summed E-state index contributed by atoms with van der Waals surface area (Å²) in [5.41, 5.74) is 1.18. The molecule has 0 saturated heterocycles. The summed E-state index contributed by atoms with van der Waals surface area (Å²) in [5, 5.41) is 11.7. The van der Waals surface area contributed by atoms with Gasteiger partial charge in [0.15, 0.2) is 12.4 Å². The first-order chi connectivity index (χ1) is 6.75. The molecule has 2 rings (SSSR count). The Morgan fingerprint density at radius 2 is 2.14 bits per heavy atom. The normalized spacial score (nSPS) is 13.0. The average molecular weight is 188 g/mol. The first-order valence-electron chi connectivity index (χ1n) is 4.82. The second-order valence-electron chi connectivity index (χ2n) is 3.66. The van der Waals surface area contributed by atoms with Crippen LogP contribution in [-0.4, -0.2) is 11.2 Å². The first-order valence-corrected chi connectivity index (χ1v) is 4.82. The summed E-state index contributed by atoms with van der Waals surface area (Å²) in [6, 6.07) is 8.29. The van der Waals surface area contributed by atoms with Gasteiger partial charge in [-0.25, -0.2) is 4.98 Å². The highest BCUT2D eigenvalue weighted by molar-refractivity contribution is 5.81. The Morgan fingerprint density at radius 3 is 2.93 bits per heavy atom. The minimum Gasteiger partial charge on any atom is -0.393 e. The van der Waals surface area contributed by atoms with Gasteiger partial charge in [0.2, 0.25) is 0 Å². The highest BCUT2D eigenvalue weighted by Gasteiger charge is 2.01. The van der Waals surface area contributed by atoms with Crippen molar-refractivity contribution in [1.29, 1.82) is 0 Å². The highest BCUT2D eigenvalue weighted by Crippen LogP contribution is 2.14. The molecule has 1 unspecified atom stereocenters. The molecule has 0 radical (unpaired) electrons. The lowest BCUT2D eigenvalue weighted by atomic mass is 10.0. The van der Waals surface area contributed by atoms with Crippen molar-refractivity contribution >= 4 is 10.8 Å². The molecule has 0 aliphatic heterocycles. The number of pyridine rings is 1. The van der Waals surface area contributed by atoms with E-state index >= 15 is 0 Å².